The molecule has 2 aliphatic carbocycles. The van der Waals surface area contributed by atoms with E-state index in [1.165, 1.54) is 25.7 Å². The second-order valence-corrected chi connectivity index (χ2v) is 11.0. The molecule has 1 N–H and O–H groups in total. The molecule has 0 aromatic heterocycles. The van der Waals surface area contributed by atoms with Gasteiger partial charge in [-0.2, -0.15) is 0 Å². The van der Waals surface area contributed by atoms with Crippen LogP contribution in [0.5, 0.6) is 0 Å². The summed E-state index contributed by atoms with van der Waals surface area (Å²) in [6.07, 6.45) is 10.5. The van der Waals surface area contributed by atoms with E-state index in [1.807, 2.05) is 0 Å². The average molecular weight is 525 g/mol. The van der Waals surface area contributed by atoms with E-state index in [0.717, 1.165) is 25.7 Å². The summed E-state index contributed by atoms with van der Waals surface area (Å²) in [7, 11) is 0. The van der Waals surface area contributed by atoms with E-state index in [-0.39, 0.29) is 42.1 Å². The molecule has 5 nitrogen and oxygen atoms in total. The highest BCUT2D eigenvalue weighted by atomic mass is 19.2. The number of hydrogen-bond donors (Lipinski definition) is 1. The molecule has 1 unspecified atom stereocenters. The van der Waals surface area contributed by atoms with Crippen LogP contribution in [0, 0.1) is 29.6 Å². The van der Waals surface area contributed by atoms with Crippen LogP contribution < -0.4 is 0 Å². The highest BCUT2D eigenvalue weighted by molar-refractivity contribution is 5.88. The standard InChI is InChI=1S/C30H46F2O5/c1-5-6-7-8-22-9-11-24(12-10-22)27(31)28(32)25-15-13-23(14-16-25)26(18-36-29(34)20(2)3)19-37-30(35)21(4)17-33/h22-26,33H,2,4-19H2,1,3H3/b28-27+. The number of carbonyl (C=O) groups excluding carboxylic acids is 2. The number of unbranched alkanes of at least 4 members (excludes halogenated alkanes) is 2. The number of carbonyl (C=O) groups is 2. The fourth-order valence-corrected chi connectivity index (χ4v) is 5.60. The summed E-state index contributed by atoms with van der Waals surface area (Å²) in [6.45, 7) is 10.3. The van der Waals surface area contributed by atoms with Crippen molar-refractivity contribution in [3.8, 4) is 0 Å². The van der Waals surface area contributed by atoms with Crippen molar-refractivity contribution in [1.29, 1.82) is 0 Å². The van der Waals surface area contributed by atoms with Crippen molar-refractivity contribution in [1.82, 2.24) is 0 Å². The molecule has 1 atom stereocenters. The van der Waals surface area contributed by atoms with Gasteiger partial charge in [0.15, 0.2) is 0 Å². The van der Waals surface area contributed by atoms with Crippen LogP contribution in [-0.4, -0.2) is 36.9 Å². The zero-order valence-corrected chi connectivity index (χ0v) is 22.7. The first-order valence-corrected chi connectivity index (χ1v) is 14.0. The van der Waals surface area contributed by atoms with E-state index in [0.29, 0.717) is 31.6 Å². The summed E-state index contributed by atoms with van der Waals surface area (Å²) in [6, 6.07) is 0. The number of ether oxygens (including phenoxy) is 2. The number of aliphatic hydroxyl groups is 1. The fraction of sp³-hybridized carbons (Fsp3) is 0.733. The van der Waals surface area contributed by atoms with E-state index in [4.69, 9.17) is 14.6 Å². The molecule has 0 saturated heterocycles. The van der Waals surface area contributed by atoms with Crippen LogP contribution in [0.15, 0.2) is 36.0 Å². The lowest BCUT2D eigenvalue weighted by molar-refractivity contribution is -0.146. The summed E-state index contributed by atoms with van der Waals surface area (Å²) in [5, 5.41) is 9.08. The molecule has 0 heterocycles. The van der Waals surface area contributed by atoms with Crippen LogP contribution in [0.1, 0.15) is 90.9 Å². The van der Waals surface area contributed by atoms with Gasteiger partial charge in [0.2, 0.25) is 0 Å². The van der Waals surface area contributed by atoms with Crippen molar-refractivity contribution >= 4 is 11.9 Å². The molecule has 2 rings (SSSR count). The third-order valence-electron chi connectivity index (χ3n) is 8.13. The smallest absolute Gasteiger partial charge is 0.335 e. The molecular formula is C30H46F2O5. The van der Waals surface area contributed by atoms with Crippen LogP contribution in [0.2, 0.25) is 0 Å². The predicted octanol–water partition coefficient (Wildman–Crippen LogP) is 7.16. The van der Waals surface area contributed by atoms with Crippen molar-refractivity contribution in [2.24, 2.45) is 29.6 Å². The van der Waals surface area contributed by atoms with E-state index in [9.17, 15) is 9.59 Å². The first-order valence-electron chi connectivity index (χ1n) is 14.0. The molecular weight excluding hydrogens is 478 g/mol. The van der Waals surface area contributed by atoms with E-state index >= 15 is 8.78 Å². The lowest BCUT2D eigenvalue weighted by Crippen LogP contribution is -2.31. The minimum atomic E-state index is -0.705. The van der Waals surface area contributed by atoms with Gasteiger partial charge < -0.3 is 14.6 Å². The summed E-state index contributed by atoms with van der Waals surface area (Å²) in [5.41, 5.74) is 0.213. The average Bonchev–Trinajstić information content (AvgIpc) is 2.92. The number of esters is 2. The monoisotopic (exact) mass is 524 g/mol. The van der Waals surface area contributed by atoms with E-state index in [2.05, 4.69) is 20.1 Å². The SMILES string of the molecule is C=C(C)C(=O)OCC(COC(=O)C(=C)CO)C1CCC(/C(F)=C(\F)C2CCC(CCCCC)CC2)CC1. The Hall–Kier alpha value is -2.02. The normalized spacial score (nSPS) is 25.5. The predicted molar refractivity (Wildman–Crippen MR) is 141 cm³/mol. The lowest BCUT2D eigenvalue weighted by atomic mass is 9.74. The van der Waals surface area contributed by atoms with Gasteiger partial charge in [0, 0.05) is 23.3 Å². The Morgan fingerprint density at radius 1 is 0.865 bits per heavy atom. The number of rotatable bonds is 14. The summed E-state index contributed by atoms with van der Waals surface area (Å²) < 4.78 is 40.9. The van der Waals surface area contributed by atoms with Gasteiger partial charge in [-0.3, -0.25) is 0 Å². The molecule has 210 valence electrons. The highest BCUT2D eigenvalue weighted by Gasteiger charge is 2.34. The Labute approximate surface area is 221 Å². The van der Waals surface area contributed by atoms with Crippen LogP contribution in [0.4, 0.5) is 8.78 Å². The molecule has 0 spiro atoms. The fourth-order valence-electron chi connectivity index (χ4n) is 5.60. The lowest BCUT2D eigenvalue weighted by Gasteiger charge is -2.34. The zero-order valence-electron chi connectivity index (χ0n) is 22.7. The summed E-state index contributed by atoms with van der Waals surface area (Å²) in [5.74, 6) is -2.71. The number of halogens is 2. The Morgan fingerprint density at radius 2 is 1.38 bits per heavy atom. The van der Waals surface area contributed by atoms with Crippen LogP contribution in [0.3, 0.4) is 0 Å². The summed E-state index contributed by atoms with van der Waals surface area (Å²) in [4.78, 5) is 23.9. The molecule has 37 heavy (non-hydrogen) atoms. The first-order chi connectivity index (χ1) is 17.7. The van der Waals surface area contributed by atoms with Gasteiger partial charge in [0.1, 0.15) is 11.7 Å². The molecule has 0 aliphatic heterocycles. The van der Waals surface area contributed by atoms with Gasteiger partial charge in [0.25, 0.3) is 0 Å². The van der Waals surface area contributed by atoms with E-state index in [1.54, 1.807) is 6.92 Å². The Kier molecular flexibility index (Phi) is 13.5. The van der Waals surface area contributed by atoms with Crippen LogP contribution in [-0.2, 0) is 19.1 Å². The third-order valence-corrected chi connectivity index (χ3v) is 8.13. The van der Waals surface area contributed by atoms with Gasteiger partial charge in [-0.1, -0.05) is 45.8 Å². The van der Waals surface area contributed by atoms with E-state index < -0.39 is 36.1 Å². The maximum Gasteiger partial charge on any atom is 0.335 e. The number of aliphatic hydroxyl groups excluding tert-OH is 1. The third kappa shape index (κ3) is 9.99. The molecule has 0 radical (unpaired) electrons. The zero-order chi connectivity index (χ0) is 27.4. The molecule has 7 heteroatoms. The van der Waals surface area contributed by atoms with Crippen molar-refractivity contribution in [3.63, 3.8) is 0 Å². The van der Waals surface area contributed by atoms with Crippen molar-refractivity contribution in [2.45, 2.75) is 90.9 Å². The maximum atomic E-state index is 15.2. The van der Waals surface area contributed by atoms with Crippen LogP contribution >= 0.6 is 0 Å². The minimum absolute atomic E-state index is 0.00909. The topological polar surface area (TPSA) is 72.8 Å². The minimum Gasteiger partial charge on any atom is -0.462 e. The van der Waals surface area contributed by atoms with Crippen molar-refractivity contribution < 1.29 is 33.0 Å². The summed E-state index contributed by atoms with van der Waals surface area (Å²) >= 11 is 0. The van der Waals surface area contributed by atoms with Crippen LogP contribution in [0.25, 0.3) is 0 Å². The molecule has 2 aliphatic rings. The quantitative estimate of drug-likeness (QED) is 0.148. The highest BCUT2D eigenvalue weighted by Crippen LogP contribution is 2.43. The van der Waals surface area contributed by atoms with Gasteiger partial charge in [-0.25, -0.2) is 18.4 Å². The van der Waals surface area contributed by atoms with Gasteiger partial charge in [-0.15, -0.1) is 0 Å². The molecule has 0 aromatic carbocycles. The Balaban J connectivity index is 1.92. The second kappa shape index (κ2) is 16.1. The van der Waals surface area contributed by atoms with Crippen molar-refractivity contribution in [3.05, 3.63) is 36.0 Å². The number of allylic oxidation sites excluding steroid dienone is 2. The maximum absolute atomic E-state index is 15.2. The van der Waals surface area contributed by atoms with Crippen molar-refractivity contribution in [2.75, 3.05) is 19.8 Å². The van der Waals surface area contributed by atoms with Gasteiger partial charge in [0.05, 0.1) is 25.4 Å². The van der Waals surface area contributed by atoms with Gasteiger partial charge >= 0.3 is 11.9 Å². The Morgan fingerprint density at radius 3 is 1.86 bits per heavy atom. The molecule has 0 aromatic rings. The Bertz CT molecular complexity index is 805. The second-order valence-electron chi connectivity index (χ2n) is 11.0. The first kappa shape index (κ1) is 31.2. The molecule has 2 fully saturated rings. The molecule has 0 amide bonds. The molecule has 2 saturated carbocycles. The largest absolute Gasteiger partial charge is 0.462 e. The van der Waals surface area contributed by atoms with Gasteiger partial charge in [-0.05, 0) is 70.1 Å². The number of hydrogen-bond acceptors (Lipinski definition) is 5. The molecule has 0 bridgehead atoms.